The first-order chi connectivity index (χ1) is 15.5. The third kappa shape index (κ3) is 4.88. The Bertz CT molecular complexity index is 1090. The first-order valence-corrected chi connectivity index (χ1v) is 11.3. The van der Waals surface area contributed by atoms with Crippen LogP contribution in [0.25, 0.3) is 17.2 Å². The van der Waals surface area contributed by atoms with Gasteiger partial charge in [-0.25, -0.2) is 0 Å². The number of hydrogen-bond donors (Lipinski definition) is 0. The first-order valence-electron chi connectivity index (χ1n) is 11.3. The summed E-state index contributed by atoms with van der Waals surface area (Å²) in [6.45, 7) is 3.74. The van der Waals surface area contributed by atoms with E-state index in [0.717, 1.165) is 12.0 Å². The highest BCUT2D eigenvalue weighted by atomic mass is 16.2. The molecule has 0 aliphatic carbocycles. The molecule has 0 spiro atoms. The fourth-order valence-corrected chi connectivity index (χ4v) is 4.33. The Kier molecular flexibility index (Phi) is 6.65. The van der Waals surface area contributed by atoms with Crippen LogP contribution >= 0.6 is 0 Å². The van der Waals surface area contributed by atoms with Crippen molar-refractivity contribution in [2.45, 2.75) is 32.7 Å². The minimum Gasteiger partial charge on any atom is -0.315 e. The molecule has 2 atom stereocenters. The maximum absolute atomic E-state index is 13.2. The molecule has 3 aromatic carbocycles. The van der Waals surface area contributed by atoms with Gasteiger partial charge in [-0.15, -0.1) is 0 Å². The van der Waals surface area contributed by atoms with Gasteiger partial charge in [0.05, 0.1) is 5.92 Å². The van der Waals surface area contributed by atoms with Gasteiger partial charge in [-0.3, -0.25) is 9.59 Å². The molecule has 32 heavy (non-hydrogen) atoms. The molecule has 162 valence electrons. The summed E-state index contributed by atoms with van der Waals surface area (Å²) in [5.74, 6) is -0.742. The van der Waals surface area contributed by atoms with Crippen molar-refractivity contribution in [2.75, 3.05) is 0 Å². The summed E-state index contributed by atoms with van der Waals surface area (Å²) in [7, 11) is 0. The van der Waals surface area contributed by atoms with Crippen molar-refractivity contribution in [3.05, 3.63) is 102 Å². The van der Waals surface area contributed by atoms with E-state index in [1.165, 1.54) is 16.7 Å². The van der Waals surface area contributed by atoms with Gasteiger partial charge in [-0.1, -0.05) is 98.8 Å². The molecule has 0 bridgehead atoms. The molecule has 1 aliphatic heterocycles. The summed E-state index contributed by atoms with van der Waals surface area (Å²) in [5, 5.41) is 0. The van der Waals surface area contributed by atoms with Crippen molar-refractivity contribution in [2.24, 2.45) is 11.8 Å². The Labute approximate surface area is 190 Å². The van der Waals surface area contributed by atoms with Crippen LogP contribution in [0.3, 0.4) is 0 Å². The van der Waals surface area contributed by atoms with Crippen molar-refractivity contribution in [3.8, 4) is 11.1 Å². The third-order valence-corrected chi connectivity index (χ3v) is 6.13. The van der Waals surface area contributed by atoms with Gasteiger partial charge in [0.25, 0.3) is 0 Å². The summed E-state index contributed by atoms with van der Waals surface area (Å²) in [4.78, 5) is 27.7. The predicted molar refractivity (Wildman–Crippen MR) is 130 cm³/mol. The molecule has 1 unspecified atom stereocenters. The molecule has 3 aromatic rings. The molecule has 1 amide bonds. The number of Topliss-reactive ketones (excluding diaryl/α,β-unsaturated/α-hetero) is 1. The van der Waals surface area contributed by atoms with E-state index in [9.17, 15) is 9.59 Å². The number of benzene rings is 3. The third-order valence-electron chi connectivity index (χ3n) is 6.13. The minimum atomic E-state index is -0.552. The topological polar surface area (TPSA) is 37.4 Å². The lowest BCUT2D eigenvalue weighted by Gasteiger charge is -2.21. The van der Waals surface area contributed by atoms with E-state index in [2.05, 4.69) is 36.4 Å². The maximum atomic E-state index is 13.2. The molecule has 4 rings (SSSR count). The number of likely N-dealkylation sites (tertiary alicyclic amines) is 1. The maximum Gasteiger partial charge on any atom is 0.237 e. The van der Waals surface area contributed by atoms with E-state index < -0.39 is 5.92 Å². The lowest BCUT2D eigenvalue weighted by atomic mass is 9.91. The van der Waals surface area contributed by atoms with Crippen molar-refractivity contribution in [3.63, 3.8) is 0 Å². The van der Waals surface area contributed by atoms with E-state index in [1.54, 1.807) is 4.90 Å². The number of carbonyl (C=O) groups is 2. The normalized spacial score (nSPS) is 18.6. The fraction of sp³-hybridized carbons (Fsp3) is 0.241. The summed E-state index contributed by atoms with van der Waals surface area (Å²) < 4.78 is 0. The van der Waals surface area contributed by atoms with E-state index in [0.29, 0.717) is 6.42 Å². The summed E-state index contributed by atoms with van der Waals surface area (Å²) >= 11 is 0. The zero-order chi connectivity index (χ0) is 22.5. The van der Waals surface area contributed by atoms with Gasteiger partial charge in [0.15, 0.2) is 0 Å². The zero-order valence-corrected chi connectivity index (χ0v) is 18.6. The second kappa shape index (κ2) is 9.78. The molecule has 1 saturated heterocycles. The first kappa shape index (κ1) is 21.8. The Balaban J connectivity index is 1.55. The number of hydrogen-bond acceptors (Lipinski definition) is 2. The van der Waals surface area contributed by atoms with Gasteiger partial charge in [0.2, 0.25) is 5.91 Å². The fourth-order valence-electron chi connectivity index (χ4n) is 4.33. The highest BCUT2D eigenvalue weighted by Crippen LogP contribution is 2.31. The molecule has 1 aliphatic rings. The van der Waals surface area contributed by atoms with Crippen molar-refractivity contribution in [1.29, 1.82) is 0 Å². The Morgan fingerprint density at radius 1 is 0.906 bits per heavy atom. The Morgan fingerprint density at radius 3 is 2.12 bits per heavy atom. The summed E-state index contributed by atoms with van der Waals surface area (Å²) in [6, 6.07) is 28.7. The average molecular weight is 424 g/mol. The molecule has 1 fully saturated rings. The van der Waals surface area contributed by atoms with Crippen LogP contribution in [0.5, 0.6) is 0 Å². The van der Waals surface area contributed by atoms with Gasteiger partial charge < -0.3 is 4.90 Å². The molecule has 3 heteroatoms. The lowest BCUT2D eigenvalue weighted by Crippen LogP contribution is -2.32. The largest absolute Gasteiger partial charge is 0.315 e. The molecular formula is C29H29NO2. The summed E-state index contributed by atoms with van der Waals surface area (Å²) in [6.07, 6.45) is 5.09. The number of nitrogens with zero attached hydrogens (tertiary/aromatic N) is 1. The van der Waals surface area contributed by atoms with Gasteiger partial charge >= 0.3 is 0 Å². The van der Waals surface area contributed by atoms with Gasteiger partial charge in [-0.2, -0.15) is 0 Å². The lowest BCUT2D eigenvalue weighted by molar-refractivity contribution is -0.137. The van der Waals surface area contributed by atoms with Crippen LogP contribution in [0, 0.1) is 11.8 Å². The van der Waals surface area contributed by atoms with E-state index in [1.807, 2.05) is 74.7 Å². The van der Waals surface area contributed by atoms with Crippen LogP contribution < -0.4 is 0 Å². The van der Waals surface area contributed by atoms with Gasteiger partial charge in [-0.05, 0) is 41.2 Å². The zero-order valence-electron chi connectivity index (χ0n) is 18.6. The molecule has 1 heterocycles. The van der Waals surface area contributed by atoms with Gasteiger partial charge in [0, 0.05) is 18.2 Å². The molecule has 0 N–H and O–H groups in total. The molecular weight excluding hydrogens is 394 g/mol. The Morgan fingerprint density at radius 2 is 1.50 bits per heavy atom. The van der Waals surface area contributed by atoms with Crippen molar-refractivity contribution >= 4 is 17.8 Å². The number of rotatable bonds is 7. The van der Waals surface area contributed by atoms with Crippen LogP contribution in [0.4, 0.5) is 0 Å². The van der Waals surface area contributed by atoms with Crippen LogP contribution in [0.15, 0.2) is 91.1 Å². The van der Waals surface area contributed by atoms with Crippen LogP contribution in [0.2, 0.25) is 0 Å². The SMILES string of the molecule is CC(C)C(=O)C1C[C@@H](Cc2ccc(-c3ccccc3)cc2)N(/C=C/c2ccccc2)C1=O. The van der Waals surface area contributed by atoms with Crippen molar-refractivity contribution < 1.29 is 9.59 Å². The average Bonchev–Trinajstić information content (AvgIpc) is 3.13. The smallest absolute Gasteiger partial charge is 0.237 e. The number of amides is 1. The quantitative estimate of drug-likeness (QED) is 0.437. The minimum absolute atomic E-state index is 0.0299. The van der Waals surface area contributed by atoms with E-state index >= 15 is 0 Å². The monoisotopic (exact) mass is 423 g/mol. The van der Waals surface area contributed by atoms with Crippen LogP contribution in [-0.4, -0.2) is 22.6 Å². The van der Waals surface area contributed by atoms with Crippen LogP contribution in [-0.2, 0) is 16.0 Å². The Hall–Kier alpha value is -3.46. The van der Waals surface area contributed by atoms with E-state index in [4.69, 9.17) is 0 Å². The second-order valence-electron chi connectivity index (χ2n) is 8.74. The molecule has 0 aromatic heterocycles. The van der Waals surface area contributed by atoms with Crippen LogP contribution in [0.1, 0.15) is 31.4 Å². The van der Waals surface area contributed by atoms with Crippen molar-refractivity contribution in [1.82, 2.24) is 4.90 Å². The standard InChI is InChI=1S/C29H29NO2/c1-21(2)28(31)27-20-26(30(29(27)32)18-17-22-9-5-3-6-10-22)19-23-13-15-25(16-14-23)24-11-7-4-8-12-24/h3-18,21,26-27H,19-20H2,1-2H3/b18-17+/t26-,27?/m1/s1. The highest BCUT2D eigenvalue weighted by Gasteiger charge is 2.42. The summed E-state index contributed by atoms with van der Waals surface area (Å²) in [5.41, 5.74) is 4.55. The highest BCUT2D eigenvalue weighted by molar-refractivity contribution is 6.04. The molecule has 3 nitrogen and oxygen atoms in total. The number of ketones is 1. The van der Waals surface area contributed by atoms with Gasteiger partial charge in [0.1, 0.15) is 5.78 Å². The second-order valence-corrected chi connectivity index (χ2v) is 8.74. The number of carbonyl (C=O) groups excluding carboxylic acids is 2. The molecule has 0 radical (unpaired) electrons. The molecule has 0 saturated carbocycles. The predicted octanol–water partition coefficient (Wildman–Crippen LogP) is 6.01. The van der Waals surface area contributed by atoms with E-state index in [-0.39, 0.29) is 23.7 Å².